The summed E-state index contributed by atoms with van der Waals surface area (Å²) >= 11 is 0. The highest BCUT2D eigenvalue weighted by atomic mass is 19.1. The zero-order chi connectivity index (χ0) is 14.7. The third-order valence-electron chi connectivity index (χ3n) is 3.32. The topological polar surface area (TPSA) is 29.5 Å². The molecule has 2 aromatic carbocycles. The number of fused-ring (bicyclic) bond motifs is 1. The molecule has 1 heterocycles. The van der Waals surface area contributed by atoms with Crippen LogP contribution < -0.4 is 0 Å². The monoisotopic (exact) mass is 283 g/mol. The fourth-order valence-electron chi connectivity index (χ4n) is 2.23. The first-order chi connectivity index (χ1) is 10.2. The van der Waals surface area contributed by atoms with Crippen LogP contribution in [-0.4, -0.2) is 11.0 Å². The van der Waals surface area contributed by atoms with Crippen molar-refractivity contribution in [3.8, 4) is 0 Å². The molecule has 2 aromatic rings. The molecule has 0 bridgehead atoms. The fraction of sp³-hybridized carbons (Fsp3) is 0.118. The molecular formula is C17H14FNO2. The molecule has 1 aliphatic heterocycles. The van der Waals surface area contributed by atoms with Crippen LogP contribution in [0.3, 0.4) is 0 Å². The second kappa shape index (κ2) is 5.79. The lowest BCUT2D eigenvalue weighted by atomic mass is 10.1. The number of carbonyl (C=O) groups is 1. The van der Waals surface area contributed by atoms with E-state index in [-0.39, 0.29) is 12.4 Å². The summed E-state index contributed by atoms with van der Waals surface area (Å²) in [6, 6.07) is 13.9. The third-order valence-corrected chi connectivity index (χ3v) is 3.32. The smallest absolute Gasteiger partial charge is 0.414 e. The van der Waals surface area contributed by atoms with Crippen LogP contribution in [0, 0.1) is 5.82 Å². The number of ether oxygens (including phenoxy) is 1. The number of amides is 1. The van der Waals surface area contributed by atoms with Crippen molar-refractivity contribution in [2.24, 2.45) is 0 Å². The van der Waals surface area contributed by atoms with E-state index < -0.39 is 6.09 Å². The first-order valence-electron chi connectivity index (χ1n) is 6.66. The first kappa shape index (κ1) is 13.4. The van der Waals surface area contributed by atoms with Crippen molar-refractivity contribution in [3.63, 3.8) is 0 Å². The zero-order valence-electron chi connectivity index (χ0n) is 11.3. The summed E-state index contributed by atoms with van der Waals surface area (Å²) in [7, 11) is 0. The predicted octanol–water partition coefficient (Wildman–Crippen LogP) is 3.95. The molecule has 0 spiro atoms. The quantitative estimate of drug-likeness (QED) is 0.835. The number of halogens is 1. The molecule has 3 nitrogen and oxygen atoms in total. The average molecular weight is 283 g/mol. The largest absolute Gasteiger partial charge is 0.444 e. The van der Waals surface area contributed by atoms with Gasteiger partial charge in [-0.3, -0.25) is 4.90 Å². The van der Waals surface area contributed by atoms with Crippen LogP contribution in [0.1, 0.15) is 16.7 Å². The number of benzene rings is 2. The predicted molar refractivity (Wildman–Crippen MR) is 77.6 cm³/mol. The number of hydrogen-bond acceptors (Lipinski definition) is 2. The van der Waals surface area contributed by atoms with E-state index in [1.54, 1.807) is 18.3 Å². The Morgan fingerprint density at radius 1 is 1.19 bits per heavy atom. The Morgan fingerprint density at radius 2 is 2.05 bits per heavy atom. The molecule has 0 aromatic heterocycles. The molecule has 21 heavy (non-hydrogen) atoms. The van der Waals surface area contributed by atoms with Crippen LogP contribution in [0.4, 0.5) is 9.18 Å². The number of hydrogen-bond donors (Lipinski definition) is 0. The SMILES string of the molecule is O=C(OCc1cccc(F)c1)N1C=Cc2ccccc2C1. The summed E-state index contributed by atoms with van der Waals surface area (Å²) in [5.74, 6) is -0.338. The van der Waals surface area contributed by atoms with Gasteiger partial charge in [0, 0.05) is 6.20 Å². The molecule has 1 aliphatic rings. The molecule has 4 heteroatoms. The van der Waals surface area contributed by atoms with Crippen molar-refractivity contribution in [1.82, 2.24) is 4.90 Å². The molecule has 0 radical (unpaired) electrons. The van der Waals surface area contributed by atoms with Gasteiger partial charge in [-0.2, -0.15) is 0 Å². The van der Waals surface area contributed by atoms with E-state index in [0.29, 0.717) is 12.1 Å². The number of nitrogens with zero attached hydrogens (tertiary/aromatic N) is 1. The zero-order valence-corrected chi connectivity index (χ0v) is 11.3. The molecular weight excluding hydrogens is 269 g/mol. The molecule has 0 N–H and O–H groups in total. The van der Waals surface area contributed by atoms with Gasteiger partial charge in [0.15, 0.2) is 0 Å². The Hall–Kier alpha value is -2.62. The minimum Gasteiger partial charge on any atom is -0.444 e. The molecule has 0 saturated heterocycles. The summed E-state index contributed by atoms with van der Waals surface area (Å²) in [5, 5.41) is 0. The van der Waals surface area contributed by atoms with Crippen molar-refractivity contribution >= 4 is 12.2 Å². The summed E-state index contributed by atoms with van der Waals surface area (Å²) < 4.78 is 18.3. The molecule has 0 fully saturated rings. The maximum atomic E-state index is 13.0. The average Bonchev–Trinajstić information content (AvgIpc) is 2.52. The van der Waals surface area contributed by atoms with Gasteiger partial charge in [-0.15, -0.1) is 0 Å². The molecule has 3 rings (SSSR count). The van der Waals surface area contributed by atoms with Crippen molar-refractivity contribution in [1.29, 1.82) is 0 Å². The Kier molecular flexibility index (Phi) is 3.69. The Morgan fingerprint density at radius 3 is 2.90 bits per heavy atom. The van der Waals surface area contributed by atoms with Gasteiger partial charge in [0.2, 0.25) is 0 Å². The summed E-state index contributed by atoms with van der Waals surface area (Å²) in [6.07, 6.45) is 3.14. The summed E-state index contributed by atoms with van der Waals surface area (Å²) in [4.78, 5) is 13.5. The molecule has 0 unspecified atom stereocenters. The van der Waals surface area contributed by atoms with Crippen molar-refractivity contribution in [3.05, 3.63) is 77.2 Å². The lowest BCUT2D eigenvalue weighted by molar-refractivity contribution is 0.108. The van der Waals surface area contributed by atoms with Gasteiger partial charge < -0.3 is 4.74 Å². The van der Waals surface area contributed by atoms with Gasteiger partial charge in [0.25, 0.3) is 0 Å². The third kappa shape index (κ3) is 3.11. The normalized spacial score (nSPS) is 12.9. The van der Waals surface area contributed by atoms with E-state index in [0.717, 1.165) is 11.1 Å². The van der Waals surface area contributed by atoms with Crippen molar-refractivity contribution in [2.75, 3.05) is 0 Å². The minimum atomic E-state index is -0.440. The highest BCUT2D eigenvalue weighted by molar-refractivity contribution is 5.72. The van der Waals surface area contributed by atoms with Gasteiger partial charge in [0.05, 0.1) is 6.54 Å². The highest BCUT2D eigenvalue weighted by Gasteiger charge is 2.17. The minimum absolute atomic E-state index is 0.0581. The second-order valence-corrected chi connectivity index (χ2v) is 4.83. The van der Waals surface area contributed by atoms with Crippen LogP contribution in [0.15, 0.2) is 54.7 Å². The van der Waals surface area contributed by atoms with Crippen LogP contribution in [0.2, 0.25) is 0 Å². The molecule has 106 valence electrons. The van der Waals surface area contributed by atoms with E-state index in [1.807, 2.05) is 30.3 Å². The van der Waals surface area contributed by atoms with Crippen LogP contribution in [-0.2, 0) is 17.9 Å². The Balaban J connectivity index is 1.62. The standard InChI is InChI=1S/C17H14FNO2/c18-16-7-3-4-13(10-16)12-21-17(20)19-9-8-14-5-1-2-6-15(14)11-19/h1-10H,11-12H2. The number of carbonyl (C=O) groups excluding carboxylic acids is 1. The van der Waals surface area contributed by atoms with Crippen LogP contribution in [0.5, 0.6) is 0 Å². The molecule has 0 atom stereocenters. The van der Waals surface area contributed by atoms with Crippen LogP contribution >= 0.6 is 0 Å². The van der Waals surface area contributed by atoms with Gasteiger partial charge in [-0.05, 0) is 34.9 Å². The maximum Gasteiger partial charge on any atom is 0.414 e. The Bertz CT molecular complexity index is 697. The Labute approximate surface area is 122 Å². The van der Waals surface area contributed by atoms with Gasteiger partial charge in [0.1, 0.15) is 12.4 Å². The van der Waals surface area contributed by atoms with E-state index in [4.69, 9.17) is 4.74 Å². The maximum absolute atomic E-state index is 13.0. The molecule has 0 saturated carbocycles. The van der Waals surface area contributed by atoms with Crippen LogP contribution in [0.25, 0.3) is 6.08 Å². The number of rotatable bonds is 2. The second-order valence-electron chi connectivity index (χ2n) is 4.83. The molecule has 1 amide bonds. The fourth-order valence-corrected chi connectivity index (χ4v) is 2.23. The van der Waals surface area contributed by atoms with Crippen molar-refractivity contribution < 1.29 is 13.9 Å². The summed E-state index contributed by atoms with van der Waals surface area (Å²) in [6.45, 7) is 0.539. The highest BCUT2D eigenvalue weighted by Crippen LogP contribution is 2.20. The van der Waals surface area contributed by atoms with E-state index in [9.17, 15) is 9.18 Å². The lowest BCUT2D eigenvalue weighted by Gasteiger charge is -2.22. The van der Waals surface area contributed by atoms with E-state index >= 15 is 0 Å². The van der Waals surface area contributed by atoms with Gasteiger partial charge in [-0.25, -0.2) is 9.18 Å². The summed E-state index contributed by atoms with van der Waals surface area (Å²) in [5.41, 5.74) is 2.80. The first-order valence-corrected chi connectivity index (χ1v) is 6.66. The van der Waals surface area contributed by atoms with Crippen molar-refractivity contribution in [2.45, 2.75) is 13.2 Å². The molecule has 0 aliphatic carbocycles. The lowest BCUT2D eigenvalue weighted by Crippen LogP contribution is -2.27. The van der Waals surface area contributed by atoms with E-state index in [1.165, 1.54) is 17.0 Å². The van der Waals surface area contributed by atoms with Gasteiger partial charge >= 0.3 is 6.09 Å². The van der Waals surface area contributed by atoms with E-state index in [2.05, 4.69) is 0 Å². The van der Waals surface area contributed by atoms with Gasteiger partial charge in [-0.1, -0.05) is 36.4 Å².